The lowest BCUT2D eigenvalue weighted by Crippen LogP contribution is -2.42. The van der Waals surface area contributed by atoms with Crippen molar-refractivity contribution in [1.82, 2.24) is 4.72 Å². The number of nitrogen functional groups attached to an aromatic ring is 1. The van der Waals surface area contributed by atoms with Gasteiger partial charge in [0, 0.05) is 12.2 Å². The molecule has 0 fully saturated rings. The first kappa shape index (κ1) is 15.9. The molecule has 0 heterocycles. The minimum atomic E-state index is -4.03. The summed E-state index contributed by atoms with van der Waals surface area (Å²) in [5, 5.41) is 10.0. The lowest BCUT2D eigenvalue weighted by Gasteiger charge is -2.25. The SMILES string of the molecule is CCC(O)(CC)CNS(=O)(=O)c1cc(N)ccc1F. The number of aliphatic hydroxyl groups is 1. The number of rotatable bonds is 6. The van der Waals surface area contributed by atoms with Crippen LogP contribution in [0.25, 0.3) is 0 Å². The second kappa shape index (κ2) is 5.85. The summed E-state index contributed by atoms with van der Waals surface area (Å²) >= 11 is 0. The summed E-state index contributed by atoms with van der Waals surface area (Å²) in [4.78, 5) is -0.512. The molecule has 0 saturated heterocycles. The lowest BCUT2D eigenvalue weighted by molar-refractivity contribution is 0.0377. The largest absolute Gasteiger partial charge is 0.399 e. The van der Waals surface area contributed by atoms with Crippen molar-refractivity contribution in [2.45, 2.75) is 37.2 Å². The van der Waals surface area contributed by atoms with Gasteiger partial charge in [-0.1, -0.05) is 13.8 Å². The number of benzene rings is 1. The number of hydrogen-bond donors (Lipinski definition) is 3. The first-order chi connectivity index (χ1) is 8.74. The molecule has 1 rings (SSSR count). The standard InChI is InChI=1S/C12H19FN2O3S/c1-3-12(16,4-2)8-15-19(17,18)11-7-9(14)5-6-10(11)13/h5-7,15-16H,3-4,8,14H2,1-2H3. The minimum Gasteiger partial charge on any atom is -0.399 e. The van der Waals surface area contributed by atoms with Crippen LogP contribution in [0.15, 0.2) is 23.1 Å². The van der Waals surface area contributed by atoms with Crippen molar-refractivity contribution < 1.29 is 17.9 Å². The van der Waals surface area contributed by atoms with Gasteiger partial charge in [-0.25, -0.2) is 17.5 Å². The molecule has 0 unspecified atom stereocenters. The van der Waals surface area contributed by atoms with Gasteiger partial charge in [0.2, 0.25) is 10.0 Å². The summed E-state index contributed by atoms with van der Waals surface area (Å²) in [5.41, 5.74) is 4.47. The van der Waals surface area contributed by atoms with Crippen LogP contribution in [0, 0.1) is 5.82 Å². The van der Waals surface area contributed by atoms with E-state index in [9.17, 15) is 17.9 Å². The van der Waals surface area contributed by atoms with E-state index in [0.29, 0.717) is 12.8 Å². The van der Waals surface area contributed by atoms with Gasteiger partial charge in [-0.2, -0.15) is 0 Å². The molecule has 0 aromatic heterocycles. The fraction of sp³-hybridized carbons (Fsp3) is 0.500. The van der Waals surface area contributed by atoms with E-state index in [-0.39, 0.29) is 12.2 Å². The zero-order valence-electron chi connectivity index (χ0n) is 11.0. The Kier molecular flexibility index (Phi) is 4.89. The van der Waals surface area contributed by atoms with E-state index in [0.717, 1.165) is 12.1 Å². The van der Waals surface area contributed by atoms with Crippen molar-refractivity contribution in [3.8, 4) is 0 Å². The monoisotopic (exact) mass is 290 g/mol. The number of nitrogens with two attached hydrogens (primary N) is 1. The Balaban J connectivity index is 2.96. The van der Waals surface area contributed by atoms with Gasteiger partial charge in [0.25, 0.3) is 0 Å². The molecule has 0 aliphatic rings. The Morgan fingerprint density at radius 3 is 2.47 bits per heavy atom. The molecule has 0 aliphatic carbocycles. The number of hydrogen-bond acceptors (Lipinski definition) is 4. The Morgan fingerprint density at radius 1 is 1.37 bits per heavy atom. The smallest absolute Gasteiger partial charge is 0.243 e. The molecule has 0 atom stereocenters. The molecule has 1 aromatic carbocycles. The average molecular weight is 290 g/mol. The molecule has 0 radical (unpaired) electrons. The van der Waals surface area contributed by atoms with Crippen molar-refractivity contribution in [3.63, 3.8) is 0 Å². The maximum atomic E-state index is 13.5. The molecule has 19 heavy (non-hydrogen) atoms. The summed E-state index contributed by atoms with van der Waals surface area (Å²) in [6, 6.07) is 3.33. The van der Waals surface area contributed by atoms with Crippen LogP contribution >= 0.6 is 0 Å². The molecular formula is C12H19FN2O3S. The quantitative estimate of drug-likeness (QED) is 0.687. The van der Waals surface area contributed by atoms with Crippen molar-refractivity contribution in [2.24, 2.45) is 0 Å². The van der Waals surface area contributed by atoms with Gasteiger partial charge in [0.1, 0.15) is 10.7 Å². The van der Waals surface area contributed by atoms with Crippen LogP contribution in [0.5, 0.6) is 0 Å². The van der Waals surface area contributed by atoms with E-state index >= 15 is 0 Å². The summed E-state index contributed by atoms with van der Waals surface area (Å²) in [7, 11) is -4.03. The van der Waals surface area contributed by atoms with Crippen molar-refractivity contribution in [1.29, 1.82) is 0 Å². The number of halogens is 1. The highest BCUT2D eigenvalue weighted by Gasteiger charge is 2.27. The van der Waals surface area contributed by atoms with Gasteiger partial charge < -0.3 is 10.8 Å². The zero-order chi connectivity index (χ0) is 14.7. The summed E-state index contributed by atoms with van der Waals surface area (Å²) in [5.74, 6) is -0.877. The molecule has 0 bridgehead atoms. The highest BCUT2D eigenvalue weighted by molar-refractivity contribution is 7.89. The molecule has 4 N–H and O–H groups in total. The van der Waals surface area contributed by atoms with Gasteiger partial charge >= 0.3 is 0 Å². The first-order valence-electron chi connectivity index (χ1n) is 6.01. The molecule has 0 amide bonds. The molecule has 7 heteroatoms. The zero-order valence-corrected chi connectivity index (χ0v) is 11.8. The third-order valence-electron chi connectivity index (χ3n) is 3.15. The van der Waals surface area contributed by atoms with Crippen molar-refractivity contribution in [3.05, 3.63) is 24.0 Å². The highest BCUT2D eigenvalue weighted by atomic mass is 32.2. The van der Waals surface area contributed by atoms with Gasteiger partial charge in [-0.05, 0) is 31.0 Å². The predicted molar refractivity (Wildman–Crippen MR) is 71.5 cm³/mol. The second-order valence-corrected chi connectivity index (χ2v) is 6.18. The Morgan fingerprint density at radius 2 is 1.95 bits per heavy atom. The molecule has 5 nitrogen and oxygen atoms in total. The van der Waals surface area contributed by atoms with E-state index in [4.69, 9.17) is 5.73 Å². The molecular weight excluding hydrogens is 271 g/mol. The molecule has 0 aliphatic heterocycles. The topological polar surface area (TPSA) is 92.4 Å². The predicted octanol–water partition coefficient (Wildman–Crippen LogP) is 1.24. The van der Waals surface area contributed by atoms with Gasteiger partial charge in [0.05, 0.1) is 5.60 Å². The summed E-state index contributed by atoms with van der Waals surface area (Å²) in [6.45, 7) is 3.33. The van der Waals surface area contributed by atoms with Gasteiger partial charge in [0.15, 0.2) is 0 Å². The maximum absolute atomic E-state index is 13.5. The number of sulfonamides is 1. The number of nitrogens with one attached hydrogen (secondary N) is 1. The molecule has 1 aromatic rings. The van der Waals surface area contributed by atoms with Crippen LogP contribution in [0.3, 0.4) is 0 Å². The fourth-order valence-electron chi connectivity index (χ4n) is 1.53. The fourth-order valence-corrected chi connectivity index (χ4v) is 2.76. The van der Waals surface area contributed by atoms with Crippen LogP contribution in [-0.2, 0) is 10.0 Å². The molecule has 0 spiro atoms. The third kappa shape index (κ3) is 3.89. The lowest BCUT2D eigenvalue weighted by atomic mass is 9.98. The van der Waals surface area contributed by atoms with E-state index in [2.05, 4.69) is 4.72 Å². The van der Waals surface area contributed by atoms with Crippen LogP contribution in [-0.4, -0.2) is 25.7 Å². The first-order valence-corrected chi connectivity index (χ1v) is 7.49. The van der Waals surface area contributed by atoms with Gasteiger partial charge in [-0.3, -0.25) is 0 Å². The Labute approximate surface area is 112 Å². The van der Waals surface area contributed by atoms with Crippen LogP contribution in [0.2, 0.25) is 0 Å². The van der Waals surface area contributed by atoms with Crippen molar-refractivity contribution in [2.75, 3.05) is 12.3 Å². The molecule has 108 valence electrons. The van der Waals surface area contributed by atoms with Crippen LogP contribution in [0.4, 0.5) is 10.1 Å². The van der Waals surface area contributed by atoms with E-state index in [1.807, 2.05) is 0 Å². The van der Waals surface area contributed by atoms with E-state index in [1.165, 1.54) is 6.07 Å². The summed E-state index contributed by atoms with van der Waals surface area (Å²) in [6.07, 6.45) is 0.789. The third-order valence-corrected chi connectivity index (χ3v) is 4.57. The van der Waals surface area contributed by atoms with E-state index < -0.39 is 26.3 Å². The van der Waals surface area contributed by atoms with Gasteiger partial charge in [-0.15, -0.1) is 0 Å². The average Bonchev–Trinajstić information content (AvgIpc) is 2.39. The van der Waals surface area contributed by atoms with E-state index in [1.54, 1.807) is 13.8 Å². The van der Waals surface area contributed by atoms with Crippen LogP contribution < -0.4 is 10.5 Å². The van der Waals surface area contributed by atoms with Crippen LogP contribution in [0.1, 0.15) is 26.7 Å². The highest BCUT2D eigenvalue weighted by Crippen LogP contribution is 2.19. The number of anilines is 1. The van der Waals surface area contributed by atoms with Crippen molar-refractivity contribution >= 4 is 15.7 Å². The normalized spacial score (nSPS) is 12.6. The molecule has 0 saturated carbocycles. The second-order valence-electron chi connectivity index (χ2n) is 4.45. The maximum Gasteiger partial charge on any atom is 0.243 e. The minimum absolute atomic E-state index is 0.156. The Bertz CT molecular complexity index is 542. The summed E-state index contributed by atoms with van der Waals surface area (Å²) < 4.78 is 39.7. The Hall–Kier alpha value is -1.18.